The molecular formula is C12H9NS. The van der Waals surface area contributed by atoms with Crippen molar-refractivity contribution in [2.24, 2.45) is 0 Å². The number of rotatable bonds is 1. The fraction of sp³-hybridized carbons (Fsp3) is 0.0833. The standard InChI is InChI=1S/C12H9NS/c1-3-10-6-4-5-7-11(10)12-8-14-9(2)13-12/h1,4-8H,2H3. The Balaban J connectivity index is 2.57. The van der Waals surface area contributed by atoms with Gasteiger partial charge < -0.3 is 0 Å². The molecule has 0 saturated carbocycles. The molecule has 1 heterocycles. The van der Waals surface area contributed by atoms with Crippen molar-refractivity contribution >= 4 is 11.3 Å². The van der Waals surface area contributed by atoms with E-state index >= 15 is 0 Å². The molecule has 0 amide bonds. The van der Waals surface area contributed by atoms with E-state index < -0.39 is 0 Å². The van der Waals surface area contributed by atoms with Crippen LogP contribution in [0.4, 0.5) is 0 Å². The van der Waals surface area contributed by atoms with Gasteiger partial charge in [0.15, 0.2) is 0 Å². The lowest BCUT2D eigenvalue weighted by Gasteiger charge is -1.99. The first-order valence-corrected chi connectivity index (χ1v) is 5.17. The van der Waals surface area contributed by atoms with Crippen LogP contribution in [0.3, 0.4) is 0 Å². The Bertz CT molecular complexity index is 491. The molecule has 0 atom stereocenters. The molecule has 0 aliphatic carbocycles. The molecule has 14 heavy (non-hydrogen) atoms. The van der Waals surface area contributed by atoms with Gasteiger partial charge in [0.05, 0.1) is 10.7 Å². The lowest BCUT2D eigenvalue weighted by atomic mass is 10.1. The molecule has 1 nitrogen and oxygen atoms in total. The van der Waals surface area contributed by atoms with E-state index in [1.807, 2.05) is 36.6 Å². The summed E-state index contributed by atoms with van der Waals surface area (Å²) in [5.74, 6) is 2.67. The molecule has 0 aliphatic heterocycles. The quantitative estimate of drug-likeness (QED) is 0.643. The van der Waals surface area contributed by atoms with Gasteiger partial charge in [0.2, 0.25) is 0 Å². The molecule has 0 saturated heterocycles. The number of thiazole rings is 1. The van der Waals surface area contributed by atoms with Gasteiger partial charge in [-0.15, -0.1) is 17.8 Å². The number of aromatic nitrogens is 1. The second-order valence-electron chi connectivity index (χ2n) is 2.94. The predicted octanol–water partition coefficient (Wildman–Crippen LogP) is 3.10. The summed E-state index contributed by atoms with van der Waals surface area (Å²) in [6, 6.07) is 7.86. The Morgan fingerprint density at radius 2 is 2.14 bits per heavy atom. The van der Waals surface area contributed by atoms with Crippen molar-refractivity contribution in [3.63, 3.8) is 0 Å². The molecule has 2 rings (SSSR count). The SMILES string of the molecule is C#Cc1ccccc1-c1csc(C)n1. The van der Waals surface area contributed by atoms with E-state index in [9.17, 15) is 0 Å². The summed E-state index contributed by atoms with van der Waals surface area (Å²) in [4.78, 5) is 4.41. The molecule has 0 unspecified atom stereocenters. The maximum Gasteiger partial charge on any atom is 0.0901 e. The van der Waals surface area contributed by atoms with Gasteiger partial charge >= 0.3 is 0 Å². The number of nitrogens with zero attached hydrogens (tertiary/aromatic N) is 1. The zero-order valence-corrected chi connectivity index (χ0v) is 8.64. The van der Waals surface area contributed by atoms with Crippen molar-refractivity contribution in [1.29, 1.82) is 0 Å². The third-order valence-electron chi connectivity index (χ3n) is 1.98. The Hall–Kier alpha value is -1.59. The molecule has 0 N–H and O–H groups in total. The van der Waals surface area contributed by atoms with Crippen molar-refractivity contribution in [3.05, 3.63) is 40.2 Å². The fourth-order valence-electron chi connectivity index (χ4n) is 1.32. The number of terminal acetylenes is 1. The minimum atomic E-state index is 0.901. The maximum atomic E-state index is 5.42. The highest BCUT2D eigenvalue weighted by atomic mass is 32.1. The van der Waals surface area contributed by atoms with Crippen LogP contribution in [0.25, 0.3) is 11.3 Å². The molecule has 0 radical (unpaired) electrons. The highest BCUT2D eigenvalue weighted by Crippen LogP contribution is 2.24. The van der Waals surface area contributed by atoms with Crippen LogP contribution in [-0.4, -0.2) is 4.98 Å². The molecule has 2 aromatic rings. The van der Waals surface area contributed by atoms with Crippen molar-refractivity contribution in [1.82, 2.24) is 4.98 Å². The van der Waals surface area contributed by atoms with Gasteiger partial charge in [0, 0.05) is 16.5 Å². The molecule has 1 aromatic carbocycles. The zero-order valence-electron chi connectivity index (χ0n) is 7.82. The first kappa shape index (κ1) is 8.98. The van der Waals surface area contributed by atoms with Crippen LogP contribution >= 0.6 is 11.3 Å². The van der Waals surface area contributed by atoms with E-state index in [1.54, 1.807) is 11.3 Å². The first-order chi connectivity index (χ1) is 6.81. The predicted molar refractivity (Wildman–Crippen MR) is 60.2 cm³/mol. The molecule has 1 aromatic heterocycles. The third kappa shape index (κ3) is 1.55. The van der Waals surface area contributed by atoms with Crippen LogP contribution in [-0.2, 0) is 0 Å². The number of aryl methyl sites for hydroxylation is 1. The van der Waals surface area contributed by atoms with Gasteiger partial charge in [0.1, 0.15) is 0 Å². The zero-order chi connectivity index (χ0) is 9.97. The summed E-state index contributed by atoms with van der Waals surface area (Å²) < 4.78 is 0. The molecule has 0 fully saturated rings. The summed E-state index contributed by atoms with van der Waals surface area (Å²) in [5, 5.41) is 3.10. The van der Waals surface area contributed by atoms with Gasteiger partial charge in [-0.3, -0.25) is 0 Å². The van der Waals surface area contributed by atoms with Crippen LogP contribution < -0.4 is 0 Å². The molecular weight excluding hydrogens is 190 g/mol. The minimum absolute atomic E-state index is 0.901. The monoisotopic (exact) mass is 199 g/mol. The highest BCUT2D eigenvalue weighted by Gasteiger charge is 2.04. The molecule has 2 heteroatoms. The minimum Gasteiger partial charge on any atom is -0.242 e. The van der Waals surface area contributed by atoms with E-state index in [-0.39, 0.29) is 0 Å². The summed E-state index contributed by atoms with van der Waals surface area (Å²) in [7, 11) is 0. The van der Waals surface area contributed by atoms with Crippen LogP contribution in [0.15, 0.2) is 29.6 Å². The fourth-order valence-corrected chi connectivity index (χ4v) is 1.93. The molecule has 0 spiro atoms. The van der Waals surface area contributed by atoms with Gasteiger partial charge in [-0.25, -0.2) is 4.98 Å². The smallest absolute Gasteiger partial charge is 0.0901 e. The van der Waals surface area contributed by atoms with E-state index in [2.05, 4.69) is 10.9 Å². The highest BCUT2D eigenvalue weighted by molar-refractivity contribution is 7.09. The van der Waals surface area contributed by atoms with E-state index in [0.29, 0.717) is 0 Å². The largest absolute Gasteiger partial charge is 0.242 e. The summed E-state index contributed by atoms with van der Waals surface area (Å²) in [6.45, 7) is 1.99. The lowest BCUT2D eigenvalue weighted by Crippen LogP contribution is -1.83. The van der Waals surface area contributed by atoms with E-state index in [4.69, 9.17) is 6.42 Å². The average molecular weight is 199 g/mol. The van der Waals surface area contributed by atoms with Crippen molar-refractivity contribution < 1.29 is 0 Å². The molecule has 0 bridgehead atoms. The Morgan fingerprint density at radius 1 is 1.36 bits per heavy atom. The van der Waals surface area contributed by atoms with Crippen LogP contribution in [0, 0.1) is 19.3 Å². The van der Waals surface area contributed by atoms with Gasteiger partial charge in [-0.05, 0) is 13.0 Å². The number of benzene rings is 1. The van der Waals surface area contributed by atoms with Gasteiger partial charge in [-0.1, -0.05) is 24.1 Å². The average Bonchev–Trinajstić information content (AvgIpc) is 2.65. The number of hydrogen-bond acceptors (Lipinski definition) is 2. The normalized spacial score (nSPS) is 9.71. The van der Waals surface area contributed by atoms with Crippen LogP contribution in [0.1, 0.15) is 10.6 Å². The van der Waals surface area contributed by atoms with Crippen molar-refractivity contribution in [3.8, 4) is 23.6 Å². The van der Waals surface area contributed by atoms with Crippen molar-refractivity contribution in [2.45, 2.75) is 6.92 Å². The first-order valence-electron chi connectivity index (χ1n) is 4.29. The lowest BCUT2D eigenvalue weighted by molar-refractivity contribution is 1.29. The van der Waals surface area contributed by atoms with Gasteiger partial charge in [-0.2, -0.15) is 0 Å². The Morgan fingerprint density at radius 3 is 2.79 bits per heavy atom. The van der Waals surface area contributed by atoms with Gasteiger partial charge in [0.25, 0.3) is 0 Å². The Labute approximate surface area is 87.4 Å². The number of hydrogen-bond donors (Lipinski definition) is 0. The topological polar surface area (TPSA) is 12.9 Å². The second-order valence-corrected chi connectivity index (χ2v) is 4.00. The summed E-state index contributed by atoms with van der Waals surface area (Å²) in [6.07, 6.45) is 5.42. The molecule has 0 aliphatic rings. The summed E-state index contributed by atoms with van der Waals surface area (Å²) >= 11 is 1.64. The van der Waals surface area contributed by atoms with E-state index in [0.717, 1.165) is 21.8 Å². The van der Waals surface area contributed by atoms with Crippen LogP contribution in [0.5, 0.6) is 0 Å². The summed E-state index contributed by atoms with van der Waals surface area (Å²) in [5.41, 5.74) is 2.92. The Kier molecular flexibility index (Phi) is 2.34. The third-order valence-corrected chi connectivity index (χ3v) is 2.75. The molecule has 68 valence electrons. The second kappa shape index (κ2) is 3.65. The maximum absolute atomic E-state index is 5.42. The van der Waals surface area contributed by atoms with Crippen LogP contribution in [0.2, 0.25) is 0 Å². The van der Waals surface area contributed by atoms with E-state index in [1.165, 1.54) is 0 Å². The van der Waals surface area contributed by atoms with Crippen molar-refractivity contribution in [2.75, 3.05) is 0 Å².